The van der Waals surface area contributed by atoms with Gasteiger partial charge < -0.3 is 20.8 Å². The van der Waals surface area contributed by atoms with Crippen molar-refractivity contribution in [3.8, 4) is 0 Å². The molecule has 0 bridgehead atoms. The number of hydrogen-bond acceptors (Lipinski definition) is 6. The molecule has 0 radical (unpaired) electrons. The summed E-state index contributed by atoms with van der Waals surface area (Å²) < 4.78 is 31.7. The number of nitrogen functional groups attached to an aromatic ring is 1. The first-order valence-corrected chi connectivity index (χ1v) is 10.6. The number of benzene rings is 1. The minimum atomic E-state index is -5.08. The van der Waals surface area contributed by atoms with E-state index in [1.807, 2.05) is 17.0 Å². The molecular formula is C21H30F3N5O4. The van der Waals surface area contributed by atoms with E-state index in [4.69, 9.17) is 26.2 Å². The third-order valence-electron chi connectivity index (χ3n) is 5.84. The number of amidine groups is 1. The van der Waals surface area contributed by atoms with Crippen molar-refractivity contribution in [2.75, 3.05) is 50.7 Å². The predicted octanol–water partition coefficient (Wildman–Crippen LogP) is 1.58. The van der Waals surface area contributed by atoms with Gasteiger partial charge in [-0.1, -0.05) is 0 Å². The number of hydrogen-bond donors (Lipinski definition) is 4. The van der Waals surface area contributed by atoms with Crippen LogP contribution in [0.2, 0.25) is 0 Å². The van der Waals surface area contributed by atoms with Crippen LogP contribution in [0.4, 0.5) is 18.9 Å². The third-order valence-corrected chi connectivity index (χ3v) is 5.84. The predicted molar refractivity (Wildman–Crippen MR) is 117 cm³/mol. The number of rotatable bonds is 5. The molecule has 3 rings (SSSR count). The Hall–Kier alpha value is -2.86. The molecule has 2 aliphatic heterocycles. The minimum absolute atomic E-state index is 0.110. The van der Waals surface area contributed by atoms with Gasteiger partial charge in [0, 0.05) is 56.6 Å². The number of aryl methyl sites for hydroxylation is 1. The molecule has 0 spiro atoms. The number of aliphatic carboxylic acids is 2. The summed E-state index contributed by atoms with van der Waals surface area (Å²) in [7, 11) is 0. The lowest BCUT2D eigenvalue weighted by Gasteiger charge is -2.43. The number of carboxylic acids is 2. The Morgan fingerprint density at radius 1 is 1.09 bits per heavy atom. The highest BCUT2D eigenvalue weighted by molar-refractivity contribution is 5.95. The van der Waals surface area contributed by atoms with Crippen molar-refractivity contribution in [3.05, 3.63) is 29.3 Å². The van der Waals surface area contributed by atoms with E-state index in [-0.39, 0.29) is 12.4 Å². The Kier molecular flexibility index (Phi) is 9.06. The van der Waals surface area contributed by atoms with Gasteiger partial charge in [0.15, 0.2) is 0 Å². The van der Waals surface area contributed by atoms with Gasteiger partial charge in [0.2, 0.25) is 0 Å². The molecule has 12 heteroatoms. The first-order valence-electron chi connectivity index (χ1n) is 10.6. The molecule has 2 aliphatic rings. The van der Waals surface area contributed by atoms with Gasteiger partial charge >= 0.3 is 18.1 Å². The van der Waals surface area contributed by atoms with E-state index in [9.17, 15) is 18.0 Å². The van der Waals surface area contributed by atoms with Crippen LogP contribution in [-0.4, -0.2) is 95.8 Å². The van der Waals surface area contributed by atoms with E-state index in [1.54, 1.807) is 0 Å². The zero-order valence-electron chi connectivity index (χ0n) is 18.4. The lowest BCUT2D eigenvalue weighted by Crippen LogP contribution is -2.53. The van der Waals surface area contributed by atoms with Gasteiger partial charge in [0.1, 0.15) is 5.84 Å². The SMILES string of the molecule is Cc1cc(C(=N)N)ccc1N1CCN(C2CCN(CC(=O)O)CC2)CC1.O=C(O)C(F)(F)F. The Morgan fingerprint density at radius 3 is 2.06 bits per heavy atom. The summed E-state index contributed by atoms with van der Waals surface area (Å²) in [5.74, 6) is -3.38. The number of nitrogens with two attached hydrogens (primary N) is 1. The summed E-state index contributed by atoms with van der Waals surface area (Å²) in [4.78, 5) is 26.7. The summed E-state index contributed by atoms with van der Waals surface area (Å²) in [6.45, 7) is 8.06. The van der Waals surface area contributed by atoms with E-state index in [1.165, 1.54) is 5.69 Å². The highest BCUT2D eigenvalue weighted by atomic mass is 19.4. The van der Waals surface area contributed by atoms with Crippen LogP contribution in [0.3, 0.4) is 0 Å². The van der Waals surface area contributed by atoms with E-state index in [0.717, 1.165) is 63.2 Å². The second-order valence-corrected chi connectivity index (χ2v) is 8.14. The molecule has 2 fully saturated rings. The first kappa shape index (κ1) is 26.4. The molecule has 0 aromatic heterocycles. The molecule has 1 aromatic carbocycles. The molecule has 0 aliphatic carbocycles. The van der Waals surface area contributed by atoms with Crippen molar-refractivity contribution < 1.29 is 33.0 Å². The number of alkyl halides is 3. The van der Waals surface area contributed by atoms with Crippen molar-refractivity contribution in [2.24, 2.45) is 5.73 Å². The number of nitrogens with one attached hydrogen (secondary N) is 1. The highest BCUT2D eigenvalue weighted by Crippen LogP contribution is 2.25. The van der Waals surface area contributed by atoms with Gasteiger partial charge in [-0.3, -0.25) is 20.0 Å². The maximum Gasteiger partial charge on any atom is 0.490 e. The van der Waals surface area contributed by atoms with Crippen LogP contribution in [-0.2, 0) is 9.59 Å². The Morgan fingerprint density at radius 2 is 1.64 bits per heavy atom. The largest absolute Gasteiger partial charge is 0.490 e. The fraction of sp³-hybridized carbons (Fsp3) is 0.571. The van der Waals surface area contributed by atoms with Gasteiger partial charge in [0.05, 0.1) is 6.54 Å². The van der Waals surface area contributed by atoms with Crippen molar-refractivity contribution in [1.29, 1.82) is 5.41 Å². The van der Waals surface area contributed by atoms with Crippen LogP contribution in [0.5, 0.6) is 0 Å². The summed E-state index contributed by atoms with van der Waals surface area (Å²) in [6, 6.07) is 6.56. The Labute approximate surface area is 190 Å². The summed E-state index contributed by atoms with van der Waals surface area (Å²) in [6.07, 6.45) is -2.97. The number of likely N-dealkylation sites (tertiary alicyclic amines) is 1. The molecule has 9 nitrogen and oxygen atoms in total. The summed E-state index contributed by atoms with van der Waals surface area (Å²) in [5, 5.41) is 23.6. The standard InChI is InChI=1S/C19H29N5O2.C2HF3O2/c1-14-12-15(19(20)21)2-3-17(14)24-10-8-23(9-11-24)16-4-6-22(7-5-16)13-18(25)26;3-2(4,5)1(6)7/h2-3,12,16H,4-11,13H2,1H3,(H3,20,21)(H,25,26);(H,6,7). The summed E-state index contributed by atoms with van der Waals surface area (Å²) in [5.41, 5.74) is 8.74. The Balaban J connectivity index is 0.000000479. The van der Waals surface area contributed by atoms with Crippen LogP contribution in [0.1, 0.15) is 24.0 Å². The Bertz CT molecular complexity index is 849. The zero-order chi connectivity index (χ0) is 24.8. The number of anilines is 1. The number of halogens is 3. The quantitative estimate of drug-likeness (QED) is 0.374. The fourth-order valence-electron chi connectivity index (χ4n) is 4.14. The number of nitrogens with zero attached hydrogens (tertiary/aromatic N) is 3. The molecule has 0 atom stereocenters. The van der Waals surface area contributed by atoms with Crippen molar-refractivity contribution in [2.45, 2.75) is 32.0 Å². The third kappa shape index (κ3) is 7.90. The smallest absolute Gasteiger partial charge is 0.480 e. The molecular weight excluding hydrogens is 443 g/mol. The molecule has 33 heavy (non-hydrogen) atoms. The number of carbonyl (C=O) groups is 2. The average Bonchev–Trinajstić information content (AvgIpc) is 2.74. The van der Waals surface area contributed by atoms with Crippen molar-refractivity contribution in [1.82, 2.24) is 9.80 Å². The lowest BCUT2D eigenvalue weighted by atomic mass is 10.0. The number of piperidine rings is 1. The maximum atomic E-state index is 10.8. The molecule has 0 amide bonds. The zero-order valence-corrected chi connectivity index (χ0v) is 18.4. The lowest BCUT2D eigenvalue weighted by molar-refractivity contribution is -0.192. The molecule has 184 valence electrons. The minimum Gasteiger partial charge on any atom is -0.480 e. The van der Waals surface area contributed by atoms with Gasteiger partial charge in [0.25, 0.3) is 0 Å². The maximum absolute atomic E-state index is 10.8. The van der Waals surface area contributed by atoms with Gasteiger partial charge in [-0.05, 0) is 43.5 Å². The normalized spacial score (nSPS) is 18.4. The molecule has 1 aromatic rings. The second kappa shape index (κ2) is 11.3. The van der Waals surface area contributed by atoms with E-state index >= 15 is 0 Å². The van der Waals surface area contributed by atoms with Crippen LogP contribution in [0.25, 0.3) is 0 Å². The monoisotopic (exact) mass is 473 g/mol. The summed E-state index contributed by atoms with van der Waals surface area (Å²) >= 11 is 0. The second-order valence-electron chi connectivity index (χ2n) is 8.14. The molecule has 5 N–H and O–H groups in total. The molecule has 0 saturated carbocycles. The van der Waals surface area contributed by atoms with Gasteiger partial charge in [-0.15, -0.1) is 0 Å². The van der Waals surface area contributed by atoms with E-state index in [0.29, 0.717) is 6.04 Å². The van der Waals surface area contributed by atoms with Crippen molar-refractivity contribution in [3.63, 3.8) is 0 Å². The molecule has 2 saturated heterocycles. The average molecular weight is 473 g/mol. The van der Waals surface area contributed by atoms with E-state index < -0.39 is 18.1 Å². The molecule has 0 unspecified atom stereocenters. The molecule has 2 heterocycles. The van der Waals surface area contributed by atoms with Crippen LogP contribution < -0.4 is 10.6 Å². The van der Waals surface area contributed by atoms with E-state index in [2.05, 4.69) is 22.8 Å². The number of carboxylic acid groups (broad SMARTS) is 2. The van der Waals surface area contributed by atoms with Crippen LogP contribution in [0, 0.1) is 12.3 Å². The highest BCUT2D eigenvalue weighted by Gasteiger charge is 2.38. The van der Waals surface area contributed by atoms with Crippen LogP contribution >= 0.6 is 0 Å². The van der Waals surface area contributed by atoms with Gasteiger partial charge in [-0.2, -0.15) is 13.2 Å². The number of piperazine rings is 1. The van der Waals surface area contributed by atoms with Crippen LogP contribution in [0.15, 0.2) is 18.2 Å². The first-order chi connectivity index (χ1) is 15.4. The topological polar surface area (TPSA) is 134 Å². The fourth-order valence-corrected chi connectivity index (χ4v) is 4.14. The van der Waals surface area contributed by atoms with Crippen molar-refractivity contribution >= 4 is 23.5 Å². The van der Waals surface area contributed by atoms with Gasteiger partial charge in [-0.25, -0.2) is 4.79 Å².